The van der Waals surface area contributed by atoms with E-state index >= 15 is 0 Å². The number of benzene rings is 1. The number of hydrogen-bond acceptors (Lipinski definition) is 2. The fraction of sp³-hybridized carbons (Fsp3) is 0.444. The molecule has 0 radical (unpaired) electrons. The van der Waals surface area contributed by atoms with Crippen LogP contribution < -0.4 is 5.32 Å². The molecule has 1 aliphatic carbocycles. The molecule has 2 amide bonds. The van der Waals surface area contributed by atoms with Gasteiger partial charge < -0.3 is 10.2 Å². The van der Waals surface area contributed by atoms with Crippen molar-refractivity contribution in [3.8, 4) is 0 Å². The lowest BCUT2D eigenvalue weighted by atomic mass is 9.96. The molecule has 0 unspecified atom stereocenters. The predicted molar refractivity (Wildman–Crippen MR) is 89.8 cm³/mol. The van der Waals surface area contributed by atoms with Gasteiger partial charge in [0.2, 0.25) is 0 Å². The predicted octanol–water partition coefficient (Wildman–Crippen LogP) is 2.72. The second kappa shape index (κ2) is 6.63. The maximum Gasteiger partial charge on any atom is 0.317 e. The topological polar surface area (TPSA) is 50.2 Å². The maximum absolute atomic E-state index is 13.0. The summed E-state index contributed by atoms with van der Waals surface area (Å²) in [7, 11) is 3.64. The van der Waals surface area contributed by atoms with Gasteiger partial charge in [0.1, 0.15) is 5.82 Å². The third-order valence-corrected chi connectivity index (χ3v) is 4.59. The zero-order chi connectivity index (χ0) is 17.2. The average molecular weight is 330 g/mol. The number of aromatic nitrogens is 2. The first kappa shape index (κ1) is 16.5. The lowest BCUT2D eigenvalue weighted by Crippen LogP contribution is -2.40. The van der Waals surface area contributed by atoms with E-state index in [1.54, 1.807) is 22.8 Å². The summed E-state index contributed by atoms with van der Waals surface area (Å²) < 4.78 is 14.7. The molecule has 128 valence electrons. The van der Waals surface area contributed by atoms with Crippen LogP contribution in [-0.2, 0) is 20.0 Å². The minimum absolute atomic E-state index is 0.0794. The number of rotatable bonds is 6. The minimum atomic E-state index is -0.214. The molecule has 0 atom stereocenters. The Hall–Kier alpha value is -2.37. The summed E-state index contributed by atoms with van der Waals surface area (Å²) in [5, 5.41) is 7.14. The molecular weight excluding hydrogens is 307 g/mol. The van der Waals surface area contributed by atoms with Crippen LogP contribution in [0.5, 0.6) is 0 Å². The quantitative estimate of drug-likeness (QED) is 0.885. The van der Waals surface area contributed by atoms with Crippen LogP contribution in [0.1, 0.15) is 24.0 Å². The highest BCUT2D eigenvalue weighted by atomic mass is 19.1. The molecule has 0 aliphatic heterocycles. The summed E-state index contributed by atoms with van der Waals surface area (Å²) in [5.41, 5.74) is 2.25. The summed E-state index contributed by atoms with van der Waals surface area (Å²) in [6.07, 6.45) is 6.73. The van der Waals surface area contributed by atoms with Crippen molar-refractivity contribution < 1.29 is 9.18 Å². The number of urea groups is 1. The molecular formula is C18H23FN4O. The Bertz CT molecular complexity index is 706. The van der Waals surface area contributed by atoms with E-state index < -0.39 is 0 Å². The summed E-state index contributed by atoms with van der Waals surface area (Å²) in [4.78, 5) is 13.9. The van der Waals surface area contributed by atoms with E-state index in [0.717, 1.165) is 30.4 Å². The number of nitrogens with one attached hydrogen (secondary N) is 1. The highest BCUT2D eigenvalue weighted by Gasteiger charge is 2.42. The van der Waals surface area contributed by atoms with Gasteiger partial charge in [-0.25, -0.2) is 9.18 Å². The van der Waals surface area contributed by atoms with Crippen LogP contribution in [0, 0.1) is 11.2 Å². The summed E-state index contributed by atoms with van der Waals surface area (Å²) in [6, 6.07) is 6.55. The highest BCUT2D eigenvalue weighted by molar-refractivity contribution is 5.73. The maximum atomic E-state index is 13.0. The van der Waals surface area contributed by atoms with Gasteiger partial charge in [0, 0.05) is 32.4 Å². The molecule has 1 heterocycles. The number of halogens is 1. The van der Waals surface area contributed by atoms with Crippen molar-refractivity contribution in [3.63, 3.8) is 0 Å². The SMILES string of the molecule is CN(Cc1cnn(C)c1)C(=O)NCC1(Cc2ccc(F)cc2)CC1. The van der Waals surface area contributed by atoms with Crippen molar-refractivity contribution in [1.29, 1.82) is 0 Å². The van der Waals surface area contributed by atoms with Crippen LogP contribution in [0.4, 0.5) is 9.18 Å². The van der Waals surface area contributed by atoms with Crippen molar-refractivity contribution in [1.82, 2.24) is 20.0 Å². The van der Waals surface area contributed by atoms with Crippen LogP contribution in [0.15, 0.2) is 36.7 Å². The molecule has 1 aromatic heterocycles. The molecule has 1 fully saturated rings. The number of carbonyl (C=O) groups excluding carboxylic acids is 1. The van der Waals surface area contributed by atoms with Gasteiger partial charge in [0.25, 0.3) is 0 Å². The van der Waals surface area contributed by atoms with Crippen LogP contribution in [0.3, 0.4) is 0 Å². The van der Waals surface area contributed by atoms with E-state index in [2.05, 4.69) is 10.4 Å². The molecule has 1 saturated carbocycles. The van der Waals surface area contributed by atoms with Gasteiger partial charge in [-0.3, -0.25) is 4.68 Å². The Morgan fingerprint density at radius 2 is 2.04 bits per heavy atom. The lowest BCUT2D eigenvalue weighted by molar-refractivity contribution is 0.204. The smallest absolute Gasteiger partial charge is 0.317 e. The van der Waals surface area contributed by atoms with Gasteiger partial charge in [-0.2, -0.15) is 5.10 Å². The van der Waals surface area contributed by atoms with Gasteiger partial charge in [-0.1, -0.05) is 12.1 Å². The van der Waals surface area contributed by atoms with Crippen molar-refractivity contribution in [2.24, 2.45) is 12.5 Å². The van der Waals surface area contributed by atoms with E-state index in [-0.39, 0.29) is 17.3 Å². The Morgan fingerprint density at radius 3 is 2.62 bits per heavy atom. The standard InChI is InChI=1S/C18H23FN4O/c1-22(11-15-10-21-23(2)12-15)17(24)20-13-18(7-8-18)9-14-3-5-16(19)6-4-14/h3-6,10,12H,7-9,11,13H2,1-2H3,(H,20,24). The van der Waals surface area contributed by atoms with Crippen LogP contribution in [-0.4, -0.2) is 34.3 Å². The third kappa shape index (κ3) is 4.13. The molecule has 0 bridgehead atoms. The van der Waals surface area contributed by atoms with Gasteiger partial charge in [-0.05, 0) is 42.4 Å². The molecule has 24 heavy (non-hydrogen) atoms. The van der Waals surface area contributed by atoms with E-state index in [1.807, 2.05) is 25.4 Å². The van der Waals surface area contributed by atoms with Gasteiger partial charge in [0.05, 0.1) is 12.7 Å². The molecule has 1 N–H and O–H groups in total. The van der Waals surface area contributed by atoms with Gasteiger partial charge in [-0.15, -0.1) is 0 Å². The molecule has 3 rings (SSSR count). The number of aryl methyl sites for hydroxylation is 1. The Balaban J connectivity index is 1.49. The number of carbonyl (C=O) groups is 1. The molecule has 5 nitrogen and oxygen atoms in total. The van der Waals surface area contributed by atoms with Crippen molar-refractivity contribution >= 4 is 6.03 Å². The molecule has 0 saturated heterocycles. The van der Waals surface area contributed by atoms with E-state index in [4.69, 9.17) is 0 Å². The number of amides is 2. The second-order valence-electron chi connectivity index (χ2n) is 6.84. The van der Waals surface area contributed by atoms with E-state index in [0.29, 0.717) is 13.1 Å². The first-order valence-electron chi connectivity index (χ1n) is 8.17. The third-order valence-electron chi connectivity index (χ3n) is 4.59. The molecule has 0 spiro atoms. The fourth-order valence-electron chi connectivity index (χ4n) is 2.93. The first-order chi connectivity index (χ1) is 11.5. The van der Waals surface area contributed by atoms with Crippen molar-refractivity contribution in [2.45, 2.75) is 25.8 Å². The first-order valence-corrected chi connectivity index (χ1v) is 8.17. The zero-order valence-electron chi connectivity index (χ0n) is 14.1. The summed E-state index contributed by atoms with van der Waals surface area (Å²) in [6.45, 7) is 1.19. The molecule has 1 aliphatic rings. The largest absolute Gasteiger partial charge is 0.337 e. The Kier molecular flexibility index (Phi) is 4.55. The monoisotopic (exact) mass is 330 g/mol. The normalized spacial score (nSPS) is 15.1. The highest BCUT2D eigenvalue weighted by Crippen LogP contribution is 2.47. The number of nitrogens with zero attached hydrogens (tertiary/aromatic N) is 3. The fourth-order valence-corrected chi connectivity index (χ4v) is 2.93. The average Bonchev–Trinajstić information content (AvgIpc) is 3.20. The zero-order valence-corrected chi connectivity index (χ0v) is 14.1. The Labute approximate surface area is 141 Å². The molecule has 6 heteroatoms. The molecule has 1 aromatic carbocycles. The minimum Gasteiger partial charge on any atom is -0.337 e. The summed E-state index contributed by atoms with van der Waals surface area (Å²) in [5.74, 6) is -0.214. The summed E-state index contributed by atoms with van der Waals surface area (Å²) >= 11 is 0. The van der Waals surface area contributed by atoms with Crippen LogP contribution >= 0.6 is 0 Å². The van der Waals surface area contributed by atoms with E-state index in [9.17, 15) is 9.18 Å². The van der Waals surface area contributed by atoms with Crippen LogP contribution in [0.25, 0.3) is 0 Å². The Morgan fingerprint density at radius 1 is 1.33 bits per heavy atom. The second-order valence-corrected chi connectivity index (χ2v) is 6.84. The van der Waals surface area contributed by atoms with Crippen molar-refractivity contribution in [3.05, 3.63) is 53.6 Å². The van der Waals surface area contributed by atoms with Crippen LogP contribution in [0.2, 0.25) is 0 Å². The molecule has 2 aromatic rings. The van der Waals surface area contributed by atoms with Crippen molar-refractivity contribution in [2.75, 3.05) is 13.6 Å². The van der Waals surface area contributed by atoms with Gasteiger partial charge in [0.15, 0.2) is 0 Å². The van der Waals surface area contributed by atoms with E-state index in [1.165, 1.54) is 12.1 Å². The van der Waals surface area contributed by atoms with Gasteiger partial charge >= 0.3 is 6.03 Å². The number of hydrogen-bond donors (Lipinski definition) is 1. The lowest BCUT2D eigenvalue weighted by Gasteiger charge is -2.21.